The normalized spacial score (nSPS) is 26.0. The number of phosphoric acid groups is 1. The van der Waals surface area contributed by atoms with Crippen molar-refractivity contribution in [1.29, 1.82) is 0 Å². The molecule has 0 amide bonds. The Kier molecular flexibility index (Phi) is 21.3. The van der Waals surface area contributed by atoms with Crippen LogP contribution >= 0.6 is 7.82 Å². The number of unbranched alkanes of at least 4 members (excludes halogenated alkanes) is 15. The zero-order chi connectivity index (χ0) is 28.9. The van der Waals surface area contributed by atoms with Crippen molar-refractivity contribution in [1.82, 2.24) is 0 Å². The molecule has 1 rings (SSSR count). The summed E-state index contributed by atoms with van der Waals surface area (Å²) < 4.78 is 33.0. The van der Waals surface area contributed by atoms with Gasteiger partial charge in [-0.05, 0) is 6.42 Å². The first-order chi connectivity index (χ1) is 18.7. The lowest BCUT2D eigenvalue weighted by atomic mass is 9.87. The Bertz CT molecular complexity index is 625. The highest BCUT2D eigenvalue weighted by Gasteiger charge is 2.46. The lowest BCUT2D eigenvalue weighted by molar-refractivity contribution is -0.173. The predicted molar refractivity (Wildman–Crippen MR) is 150 cm³/mol. The van der Waals surface area contributed by atoms with Crippen molar-refractivity contribution in [2.45, 2.75) is 153 Å². The van der Waals surface area contributed by atoms with E-state index in [4.69, 9.17) is 18.5 Å². The molecule has 1 aliphatic rings. The van der Waals surface area contributed by atoms with Gasteiger partial charge in [0.15, 0.2) is 0 Å². The molecule has 1 saturated carbocycles. The fourth-order valence-electron chi connectivity index (χ4n) is 4.82. The number of phosphoric ester groups is 1. The van der Waals surface area contributed by atoms with Gasteiger partial charge in [0.05, 0.1) is 25.4 Å². The smallest absolute Gasteiger partial charge is 0.390 e. The van der Waals surface area contributed by atoms with E-state index in [1.807, 2.05) is 0 Å². The molecular weight excluding hydrogens is 527 g/mol. The third kappa shape index (κ3) is 17.4. The largest absolute Gasteiger partial charge is 0.472 e. The maximum absolute atomic E-state index is 12.3. The fourth-order valence-corrected chi connectivity index (χ4v) is 5.80. The molecule has 234 valence electrons. The molecule has 0 aliphatic heterocycles. The Balaban J connectivity index is 2.00. The van der Waals surface area contributed by atoms with E-state index in [9.17, 15) is 29.9 Å². The van der Waals surface area contributed by atoms with Gasteiger partial charge in [0, 0.05) is 20.1 Å². The predicted octanol–water partition coefficient (Wildman–Crippen LogP) is 4.63. The van der Waals surface area contributed by atoms with Crippen LogP contribution in [0.4, 0.5) is 0 Å². The summed E-state index contributed by atoms with van der Waals surface area (Å²) >= 11 is 0. The third-order valence-electron chi connectivity index (χ3n) is 7.40. The van der Waals surface area contributed by atoms with E-state index in [1.54, 1.807) is 0 Å². The summed E-state index contributed by atoms with van der Waals surface area (Å²) in [4.78, 5) is 9.97. The van der Waals surface area contributed by atoms with Crippen molar-refractivity contribution >= 4 is 7.82 Å². The molecule has 0 aromatic heterocycles. The lowest BCUT2D eigenvalue weighted by Crippen LogP contribution is -2.56. The maximum Gasteiger partial charge on any atom is 0.472 e. The van der Waals surface area contributed by atoms with Crippen molar-refractivity contribution in [3.05, 3.63) is 0 Å². The van der Waals surface area contributed by atoms with Crippen molar-refractivity contribution in [3.63, 3.8) is 0 Å². The number of hydrogen-bond acceptors (Lipinski definition) is 9. The van der Waals surface area contributed by atoms with Gasteiger partial charge in [-0.1, -0.05) is 103 Å². The lowest BCUT2D eigenvalue weighted by Gasteiger charge is -2.38. The van der Waals surface area contributed by atoms with E-state index >= 15 is 0 Å². The minimum Gasteiger partial charge on any atom is -0.390 e. The van der Waals surface area contributed by atoms with E-state index in [-0.39, 0.29) is 19.6 Å². The number of methoxy groups -OCH3 is 1. The molecule has 0 heterocycles. The van der Waals surface area contributed by atoms with Crippen molar-refractivity contribution in [2.24, 2.45) is 0 Å². The first-order valence-electron chi connectivity index (χ1n) is 15.2. The topological polar surface area (TPSA) is 155 Å². The molecule has 1 aliphatic carbocycles. The molecule has 1 fully saturated rings. The van der Waals surface area contributed by atoms with Crippen molar-refractivity contribution in [3.8, 4) is 0 Å². The number of aliphatic hydroxyl groups is 4. The molecule has 0 radical (unpaired) electrons. The summed E-state index contributed by atoms with van der Waals surface area (Å²) in [5, 5.41) is 39.2. The highest BCUT2D eigenvalue weighted by Crippen LogP contribution is 2.47. The fraction of sp³-hybridized carbons (Fsp3) is 1.00. The molecule has 0 aromatic rings. The number of aliphatic hydroxyl groups excluding tert-OH is 4. The molecule has 0 spiro atoms. The summed E-state index contributed by atoms with van der Waals surface area (Å²) in [6.07, 6.45) is 12.2. The average Bonchev–Trinajstić information content (AvgIpc) is 2.91. The molecule has 10 nitrogen and oxygen atoms in total. The molecule has 39 heavy (non-hydrogen) atoms. The van der Waals surface area contributed by atoms with Crippen LogP contribution in [0, 0.1) is 0 Å². The molecule has 5 N–H and O–H groups in total. The van der Waals surface area contributed by atoms with Gasteiger partial charge in [0.1, 0.15) is 24.4 Å². The van der Waals surface area contributed by atoms with Crippen molar-refractivity contribution < 1.29 is 48.4 Å². The molecule has 7 atom stereocenters. The van der Waals surface area contributed by atoms with Gasteiger partial charge in [-0.2, -0.15) is 0 Å². The monoisotopic (exact) mass is 584 g/mol. The molecular formula is C28H57O10P. The third-order valence-corrected chi connectivity index (χ3v) is 8.39. The molecule has 0 bridgehead atoms. The second-order valence-electron chi connectivity index (χ2n) is 10.9. The summed E-state index contributed by atoms with van der Waals surface area (Å²) in [6.45, 7) is 2.70. The summed E-state index contributed by atoms with van der Waals surface area (Å²) in [5.41, 5.74) is 0. The van der Waals surface area contributed by atoms with E-state index in [0.717, 1.165) is 12.8 Å². The second kappa shape index (κ2) is 22.5. The van der Waals surface area contributed by atoms with Crippen LogP contribution < -0.4 is 0 Å². The van der Waals surface area contributed by atoms with Crippen LogP contribution in [0.2, 0.25) is 0 Å². The number of rotatable bonds is 25. The Morgan fingerprint density at radius 2 is 1.21 bits per heavy atom. The standard InChI is InChI=1S/C28H57O10P/c1-3-4-5-6-7-8-9-10-11-12-13-14-15-16-17-18-19-36-21-23(35-2)22-37-39(33,34)38-28-25(30)20-24(29)26(31)27(28)32/h23-32H,3-22H2,1-2H3,(H,33,34)/t23-,24?,25-,26+,27+,28?/m1/s1. The van der Waals surface area contributed by atoms with E-state index in [1.165, 1.54) is 97.0 Å². The minimum atomic E-state index is -4.68. The Morgan fingerprint density at radius 3 is 1.69 bits per heavy atom. The highest BCUT2D eigenvalue weighted by atomic mass is 31.2. The summed E-state index contributed by atoms with van der Waals surface area (Å²) in [5.74, 6) is 0. The minimum absolute atomic E-state index is 0.175. The van der Waals surface area contributed by atoms with Gasteiger partial charge in [-0.25, -0.2) is 4.57 Å². The van der Waals surface area contributed by atoms with Gasteiger partial charge in [-0.15, -0.1) is 0 Å². The van der Waals surface area contributed by atoms with Crippen LogP contribution in [-0.2, 0) is 23.1 Å². The zero-order valence-electron chi connectivity index (χ0n) is 24.3. The Labute approximate surface area is 236 Å². The van der Waals surface area contributed by atoms with Crippen LogP contribution in [0.25, 0.3) is 0 Å². The van der Waals surface area contributed by atoms with Crippen LogP contribution in [0.1, 0.15) is 116 Å². The molecule has 3 unspecified atom stereocenters. The number of hydrogen-bond donors (Lipinski definition) is 5. The Hall–Kier alpha value is -0.130. The average molecular weight is 585 g/mol. The van der Waals surface area contributed by atoms with Crippen LogP contribution in [0.5, 0.6) is 0 Å². The SMILES string of the molecule is CCCCCCCCCCCCCCCCCCOC[C@H](COP(=O)(O)OC1[C@H](O)CC(O)[C@H](O)[C@@H]1O)OC. The maximum atomic E-state index is 12.3. The first-order valence-corrected chi connectivity index (χ1v) is 16.7. The summed E-state index contributed by atoms with van der Waals surface area (Å²) in [6, 6.07) is 0. The van der Waals surface area contributed by atoms with Crippen LogP contribution in [-0.4, -0.2) is 88.9 Å². The quantitative estimate of drug-likeness (QED) is 0.0758. The van der Waals surface area contributed by atoms with Crippen LogP contribution in [0.3, 0.4) is 0 Å². The van der Waals surface area contributed by atoms with E-state index in [2.05, 4.69) is 6.92 Å². The zero-order valence-corrected chi connectivity index (χ0v) is 25.2. The van der Waals surface area contributed by atoms with Gasteiger partial charge in [-0.3, -0.25) is 9.05 Å². The van der Waals surface area contributed by atoms with Gasteiger partial charge in [0.2, 0.25) is 0 Å². The van der Waals surface area contributed by atoms with Gasteiger partial charge >= 0.3 is 7.82 Å². The first kappa shape index (κ1) is 36.9. The van der Waals surface area contributed by atoms with E-state index in [0.29, 0.717) is 6.61 Å². The molecule has 0 aromatic carbocycles. The highest BCUT2D eigenvalue weighted by molar-refractivity contribution is 7.47. The summed E-state index contributed by atoms with van der Waals surface area (Å²) in [7, 11) is -3.24. The molecule has 11 heteroatoms. The van der Waals surface area contributed by atoms with Crippen molar-refractivity contribution in [2.75, 3.05) is 26.9 Å². The van der Waals surface area contributed by atoms with Gasteiger partial charge in [0.25, 0.3) is 0 Å². The van der Waals surface area contributed by atoms with Crippen LogP contribution in [0.15, 0.2) is 0 Å². The number of ether oxygens (including phenoxy) is 2. The van der Waals surface area contributed by atoms with Gasteiger partial charge < -0.3 is 34.8 Å². The second-order valence-corrected chi connectivity index (χ2v) is 12.3. The Morgan fingerprint density at radius 1 is 0.718 bits per heavy atom. The molecule has 0 saturated heterocycles. The van der Waals surface area contributed by atoms with E-state index < -0.39 is 44.4 Å².